The Hall–Kier alpha value is -1.82. The molecule has 1 aromatic heterocycles. The molecule has 2 unspecified atom stereocenters. The van der Waals surface area contributed by atoms with Crippen LogP contribution >= 0.6 is 0 Å². The van der Waals surface area contributed by atoms with Crippen molar-refractivity contribution in [1.29, 1.82) is 0 Å². The highest BCUT2D eigenvalue weighted by atomic mass is 16.4. The van der Waals surface area contributed by atoms with Gasteiger partial charge in [-0.1, -0.05) is 0 Å². The Bertz CT molecular complexity index is 472. The SMILES string of the molecule is CC(NC(=O)CN1CCC(CCC(=O)O)C1)c1ccco1. The van der Waals surface area contributed by atoms with Crippen molar-refractivity contribution in [3.63, 3.8) is 0 Å². The predicted molar refractivity (Wildman–Crippen MR) is 76.7 cm³/mol. The van der Waals surface area contributed by atoms with Gasteiger partial charge in [-0.2, -0.15) is 0 Å². The Balaban J connectivity index is 1.70. The largest absolute Gasteiger partial charge is 0.481 e. The number of carboxylic acid groups (broad SMARTS) is 1. The van der Waals surface area contributed by atoms with Crippen LogP contribution in [0.2, 0.25) is 0 Å². The number of hydrogen-bond donors (Lipinski definition) is 2. The average molecular weight is 294 g/mol. The first kappa shape index (κ1) is 15.6. The second-order valence-corrected chi connectivity index (χ2v) is 5.63. The van der Waals surface area contributed by atoms with E-state index in [1.165, 1.54) is 0 Å². The molecule has 0 aromatic carbocycles. The van der Waals surface area contributed by atoms with Crippen molar-refractivity contribution >= 4 is 11.9 Å². The smallest absolute Gasteiger partial charge is 0.303 e. The van der Waals surface area contributed by atoms with Crippen molar-refractivity contribution < 1.29 is 19.1 Å². The molecule has 2 atom stereocenters. The third-order valence-electron chi connectivity index (χ3n) is 3.85. The van der Waals surface area contributed by atoms with Gasteiger partial charge in [0.15, 0.2) is 0 Å². The van der Waals surface area contributed by atoms with Gasteiger partial charge < -0.3 is 14.8 Å². The van der Waals surface area contributed by atoms with Gasteiger partial charge in [0.2, 0.25) is 5.91 Å². The Morgan fingerprint density at radius 3 is 3.05 bits per heavy atom. The van der Waals surface area contributed by atoms with Crippen LogP contribution in [0.1, 0.15) is 38.0 Å². The summed E-state index contributed by atoms with van der Waals surface area (Å²) in [5, 5.41) is 11.6. The normalized spacial score (nSPS) is 20.3. The van der Waals surface area contributed by atoms with Crippen LogP contribution in [0.3, 0.4) is 0 Å². The molecular formula is C15H22N2O4. The number of hydrogen-bond acceptors (Lipinski definition) is 4. The van der Waals surface area contributed by atoms with E-state index in [-0.39, 0.29) is 18.4 Å². The van der Waals surface area contributed by atoms with Crippen LogP contribution in [0.25, 0.3) is 0 Å². The molecule has 1 saturated heterocycles. The van der Waals surface area contributed by atoms with Gasteiger partial charge in [-0.25, -0.2) is 0 Å². The summed E-state index contributed by atoms with van der Waals surface area (Å²) in [4.78, 5) is 24.6. The molecule has 0 radical (unpaired) electrons. The summed E-state index contributed by atoms with van der Waals surface area (Å²) < 4.78 is 5.25. The number of nitrogens with zero attached hydrogens (tertiary/aromatic N) is 1. The number of carbonyl (C=O) groups excluding carboxylic acids is 1. The van der Waals surface area contributed by atoms with E-state index in [0.717, 1.165) is 25.3 Å². The summed E-state index contributed by atoms with van der Waals surface area (Å²) in [6, 6.07) is 3.49. The molecule has 21 heavy (non-hydrogen) atoms. The summed E-state index contributed by atoms with van der Waals surface area (Å²) in [5.74, 6) is 0.344. The Kier molecular flexibility index (Phi) is 5.38. The van der Waals surface area contributed by atoms with Crippen molar-refractivity contribution in [3.8, 4) is 0 Å². The topological polar surface area (TPSA) is 82.8 Å². The molecule has 6 heteroatoms. The minimum absolute atomic E-state index is 0.0298. The maximum absolute atomic E-state index is 12.0. The van der Waals surface area contributed by atoms with E-state index in [1.807, 2.05) is 13.0 Å². The van der Waals surface area contributed by atoms with Crippen LogP contribution in [-0.4, -0.2) is 41.5 Å². The number of aliphatic carboxylic acids is 1. The molecule has 1 aliphatic rings. The lowest BCUT2D eigenvalue weighted by Crippen LogP contribution is -2.37. The van der Waals surface area contributed by atoms with E-state index in [4.69, 9.17) is 9.52 Å². The molecule has 116 valence electrons. The number of likely N-dealkylation sites (tertiary alicyclic amines) is 1. The van der Waals surface area contributed by atoms with Gasteiger partial charge in [0.1, 0.15) is 5.76 Å². The molecule has 6 nitrogen and oxygen atoms in total. The predicted octanol–water partition coefficient (Wildman–Crippen LogP) is 1.64. The fourth-order valence-electron chi connectivity index (χ4n) is 2.72. The van der Waals surface area contributed by atoms with E-state index < -0.39 is 5.97 Å². The number of nitrogens with one attached hydrogen (secondary N) is 1. The molecule has 0 bridgehead atoms. The highest BCUT2D eigenvalue weighted by Crippen LogP contribution is 2.20. The Morgan fingerprint density at radius 1 is 1.57 bits per heavy atom. The van der Waals surface area contributed by atoms with Crippen molar-refractivity contribution in [3.05, 3.63) is 24.2 Å². The first-order chi connectivity index (χ1) is 10.0. The zero-order valence-corrected chi connectivity index (χ0v) is 12.2. The lowest BCUT2D eigenvalue weighted by Gasteiger charge is -2.17. The van der Waals surface area contributed by atoms with Crippen molar-refractivity contribution in [2.24, 2.45) is 5.92 Å². The maximum atomic E-state index is 12.0. The van der Waals surface area contributed by atoms with Gasteiger partial charge in [0.05, 0.1) is 18.8 Å². The molecule has 2 N–H and O–H groups in total. The third kappa shape index (κ3) is 4.90. The fraction of sp³-hybridized carbons (Fsp3) is 0.600. The van der Waals surface area contributed by atoms with E-state index >= 15 is 0 Å². The first-order valence-corrected chi connectivity index (χ1v) is 7.31. The monoisotopic (exact) mass is 294 g/mol. The second kappa shape index (κ2) is 7.26. The van der Waals surface area contributed by atoms with Crippen LogP contribution in [0, 0.1) is 5.92 Å². The van der Waals surface area contributed by atoms with E-state index in [0.29, 0.717) is 18.9 Å². The standard InChI is InChI=1S/C15H22N2O4/c1-11(13-3-2-8-21-13)16-14(18)10-17-7-6-12(9-17)4-5-15(19)20/h2-3,8,11-12H,4-7,9-10H2,1H3,(H,16,18)(H,19,20). The van der Waals surface area contributed by atoms with E-state index in [9.17, 15) is 9.59 Å². The first-order valence-electron chi connectivity index (χ1n) is 7.31. The molecule has 0 aliphatic carbocycles. The van der Waals surface area contributed by atoms with Crippen molar-refractivity contribution in [2.45, 2.75) is 32.2 Å². The van der Waals surface area contributed by atoms with Gasteiger partial charge in [0.25, 0.3) is 0 Å². The maximum Gasteiger partial charge on any atom is 0.303 e. The minimum atomic E-state index is -0.751. The zero-order valence-electron chi connectivity index (χ0n) is 12.2. The number of furan rings is 1. The summed E-state index contributed by atoms with van der Waals surface area (Å²) >= 11 is 0. The van der Waals surface area contributed by atoms with Crippen molar-refractivity contribution in [1.82, 2.24) is 10.2 Å². The summed E-state index contributed by atoms with van der Waals surface area (Å²) in [6.45, 7) is 3.90. The van der Waals surface area contributed by atoms with Gasteiger partial charge in [-0.15, -0.1) is 0 Å². The van der Waals surface area contributed by atoms with E-state index in [2.05, 4.69) is 10.2 Å². The second-order valence-electron chi connectivity index (χ2n) is 5.63. The van der Waals surface area contributed by atoms with Crippen LogP contribution in [0.15, 0.2) is 22.8 Å². The number of carbonyl (C=O) groups is 2. The fourth-order valence-corrected chi connectivity index (χ4v) is 2.72. The zero-order chi connectivity index (χ0) is 15.2. The molecule has 0 saturated carbocycles. The summed E-state index contributed by atoms with van der Waals surface area (Å²) in [7, 11) is 0. The molecule has 1 fully saturated rings. The van der Waals surface area contributed by atoms with Gasteiger partial charge in [-0.3, -0.25) is 14.5 Å². The number of amides is 1. The van der Waals surface area contributed by atoms with Crippen LogP contribution in [0.5, 0.6) is 0 Å². The van der Waals surface area contributed by atoms with Crippen LogP contribution in [0.4, 0.5) is 0 Å². The van der Waals surface area contributed by atoms with Crippen LogP contribution in [-0.2, 0) is 9.59 Å². The Morgan fingerprint density at radius 2 is 2.38 bits per heavy atom. The molecule has 0 spiro atoms. The molecule has 1 amide bonds. The van der Waals surface area contributed by atoms with Crippen molar-refractivity contribution in [2.75, 3.05) is 19.6 Å². The molecular weight excluding hydrogens is 272 g/mol. The Labute approximate surface area is 124 Å². The quantitative estimate of drug-likeness (QED) is 0.799. The average Bonchev–Trinajstić information content (AvgIpc) is 3.07. The van der Waals surface area contributed by atoms with Gasteiger partial charge >= 0.3 is 5.97 Å². The molecule has 1 aliphatic heterocycles. The lowest BCUT2D eigenvalue weighted by atomic mass is 10.0. The highest BCUT2D eigenvalue weighted by molar-refractivity contribution is 5.78. The van der Waals surface area contributed by atoms with Gasteiger partial charge in [-0.05, 0) is 44.4 Å². The molecule has 2 heterocycles. The number of carboxylic acids is 1. The van der Waals surface area contributed by atoms with Crippen LogP contribution < -0.4 is 5.32 Å². The summed E-state index contributed by atoms with van der Waals surface area (Å²) in [5.41, 5.74) is 0. The summed E-state index contributed by atoms with van der Waals surface area (Å²) in [6.07, 6.45) is 3.45. The third-order valence-corrected chi connectivity index (χ3v) is 3.85. The molecule has 1 aromatic rings. The minimum Gasteiger partial charge on any atom is -0.481 e. The highest BCUT2D eigenvalue weighted by Gasteiger charge is 2.25. The van der Waals surface area contributed by atoms with E-state index in [1.54, 1.807) is 12.3 Å². The lowest BCUT2D eigenvalue weighted by molar-refractivity contribution is -0.137. The van der Waals surface area contributed by atoms with Gasteiger partial charge in [0, 0.05) is 13.0 Å². The molecule has 2 rings (SSSR count). The number of rotatable bonds is 7.